The van der Waals surface area contributed by atoms with Crippen LogP contribution in [0.4, 0.5) is 0 Å². The van der Waals surface area contributed by atoms with Crippen molar-refractivity contribution in [3.8, 4) is 10.6 Å². The van der Waals surface area contributed by atoms with Crippen LogP contribution in [0.25, 0.3) is 21.5 Å². The Morgan fingerprint density at radius 3 is 2.81 bits per heavy atom. The number of nitrogens with zero attached hydrogens (tertiary/aromatic N) is 1. The Morgan fingerprint density at radius 1 is 1.33 bits per heavy atom. The number of carboxylic acids is 1. The standard InChI is InChI=1S/C16H12BrNO2S/c1-2-9-6-7-14(21-9)13-8-10(16(19)20)15-11(17)4-3-5-12(15)18-13/h3-8H,2H2,1H3,(H,19,20). The van der Waals surface area contributed by atoms with Crippen molar-refractivity contribution in [2.75, 3.05) is 0 Å². The van der Waals surface area contributed by atoms with E-state index in [2.05, 4.69) is 33.9 Å². The fraction of sp³-hybridized carbons (Fsp3) is 0.125. The minimum absolute atomic E-state index is 0.272. The first kappa shape index (κ1) is 14.2. The third-order valence-electron chi connectivity index (χ3n) is 3.28. The van der Waals surface area contributed by atoms with Crippen molar-refractivity contribution in [2.24, 2.45) is 0 Å². The minimum Gasteiger partial charge on any atom is -0.478 e. The van der Waals surface area contributed by atoms with Crippen LogP contribution in [0.3, 0.4) is 0 Å². The monoisotopic (exact) mass is 361 g/mol. The summed E-state index contributed by atoms with van der Waals surface area (Å²) in [5.74, 6) is -0.942. The molecule has 0 aliphatic carbocycles. The van der Waals surface area contributed by atoms with E-state index < -0.39 is 5.97 Å². The molecule has 21 heavy (non-hydrogen) atoms. The highest BCUT2D eigenvalue weighted by Gasteiger charge is 2.15. The molecule has 1 N–H and O–H groups in total. The number of thiophene rings is 1. The Balaban J connectivity index is 2.28. The summed E-state index contributed by atoms with van der Waals surface area (Å²) in [6, 6.07) is 11.2. The minimum atomic E-state index is -0.942. The van der Waals surface area contributed by atoms with E-state index in [0.717, 1.165) is 15.8 Å². The second kappa shape index (κ2) is 5.58. The molecular formula is C16H12BrNO2S. The maximum absolute atomic E-state index is 11.6. The van der Waals surface area contributed by atoms with Crippen molar-refractivity contribution in [3.05, 3.63) is 51.3 Å². The first-order chi connectivity index (χ1) is 10.1. The molecule has 3 nitrogen and oxygen atoms in total. The molecule has 0 bridgehead atoms. The number of halogens is 1. The lowest BCUT2D eigenvalue weighted by molar-refractivity contribution is 0.0699. The van der Waals surface area contributed by atoms with Gasteiger partial charge in [-0.15, -0.1) is 11.3 Å². The van der Waals surface area contributed by atoms with Gasteiger partial charge in [-0.3, -0.25) is 0 Å². The van der Waals surface area contributed by atoms with Gasteiger partial charge in [-0.1, -0.05) is 28.9 Å². The van der Waals surface area contributed by atoms with Crippen LogP contribution in [0.1, 0.15) is 22.2 Å². The Labute approximate surface area is 134 Å². The SMILES string of the molecule is CCc1ccc(-c2cc(C(=O)O)c3c(Br)cccc3n2)s1. The van der Waals surface area contributed by atoms with Crippen LogP contribution in [0.15, 0.2) is 40.9 Å². The first-order valence-electron chi connectivity index (χ1n) is 6.51. The van der Waals surface area contributed by atoms with Gasteiger partial charge in [0.2, 0.25) is 0 Å². The number of pyridine rings is 1. The number of aromatic nitrogens is 1. The zero-order chi connectivity index (χ0) is 15.0. The van der Waals surface area contributed by atoms with Gasteiger partial charge in [-0.25, -0.2) is 9.78 Å². The van der Waals surface area contributed by atoms with E-state index in [1.165, 1.54) is 4.88 Å². The van der Waals surface area contributed by atoms with Crippen LogP contribution in [0.2, 0.25) is 0 Å². The average molecular weight is 362 g/mol. The second-order valence-corrected chi connectivity index (χ2v) is 6.64. The van der Waals surface area contributed by atoms with Crippen LogP contribution >= 0.6 is 27.3 Å². The van der Waals surface area contributed by atoms with Crippen LogP contribution in [-0.2, 0) is 6.42 Å². The number of benzene rings is 1. The number of hydrogen-bond acceptors (Lipinski definition) is 3. The van der Waals surface area contributed by atoms with Gasteiger partial charge in [0.15, 0.2) is 0 Å². The van der Waals surface area contributed by atoms with Crippen LogP contribution in [-0.4, -0.2) is 16.1 Å². The Kier molecular flexibility index (Phi) is 3.78. The predicted octanol–water partition coefficient (Wildman–Crippen LogP) is 4.99. The molecule has 0 aliphatic heterocycles. The summed E-state index contributed by atoms with van der Waals surface area (Å²) >= 11 is 5.06. The molecule has 0 aliphatic rings. The molecule has 0 amide bonds. The lowest BCUT2D eigenvalue weighted by Crippen LogP contribution is -2.00. The lowest BCUT2D eigenvalue weighted by Gasteiger charge is -2.07. The maximum Gasteiger partial charge on any atom is 0.336 e. The van der Waals surface area contributed by atoms with Crippen molar-refractivity contribution in [1.82, 2.24) is 4.98 Å². The molecule has 3 aromatic rings. The van der Waals surface area contributed by atoms with Crippen LogP contribution in [0, 0.1) is 0 Å². The zero-order valence-electron chi connectivity index (χ0n) is 11.3. The van der Waals surface area contributed by atoms with Crippen LogP contribution < -0.4 is 0 Å². The molecule has 0 radical (unpaired) electrons. The molecule has 0 saturated carbocycles. The van der Waals surface area contributed by atoms with Crippen molar-refractivity contribution in [1.29, 1.82) is 0 Å². The van der Waals surface area contributed by atoms with Gasteiger partial charge in [0, 0.05) is 14.7 Å². The predicted molar refractivity (Wildman–Crippen MR) is 89.1 cm³/mol. The summed E-state index contributed by atoms with van der Waals surface area (Å²) in [6.07, 6.45) is 0.968. The van der Waals surface area contributed by atoms with Crippen molar-refractivity contribution in [3.63, 3.8) is 0 Å². The molecule has 0 fully saturated rings. The van der Waals surface area contributed by atoms with Gasteiger partial charge in [0.05, 0.1) is 21.7 Å². The largest absolute Gasteiger partial charge is 0.478 e. The number of carbonyl (C=O) groups is 1. The van der Waals surface area contributed by atoms with E-state index in [4.69, 9.17) is 0 Å². The van der Waals surface area contributed by atoms with E-state index >= 15 is 0 Å². The summed E-state index contributed by atoms with van der Waals surface area (Å²) < 4.78 is 0.747. The Bertz CT molecular complexity index is 841. The topological polar surface area (TPSA) is 50.2 Å². The summed E-state index contributed by atoms with van der Waals surface area (Å²) in [4.78, 5) is 18.4. The Hall–Kier alpha value is -1.72. The van der Waals surface area contributed by atoms with Crippen LogP contribution in [0.5, 0.6) is 0 Å². The molecule has 5 heteroatoms. The number of carboxylic acid groups (broad SMARTS) is 1. The van der Waals surface area contributed by atoms with Gasteiger partial charge < -0.3 is 5.11 Å². The van der Waals surface area contributed by atoms with Gasteiger partial charge >= 0.3 is 5.97 Å². The molecule has 3 rings (SSSR count). The van der Waals surface area contributed by atoms with E-state index in [9.17, 15) is 9.90 Å². The highest BCUT2D eigenvalue weighted by Crippen LogP contribution is 2.33. The van der Waals surface area contributed by atoms with E-state index in [-0.39, 0.29) is 5.56 Å². The molecule has 2 heterocycles. The molecule has 0 spiro atoms. The molecule has 0 atom stereocenters. The highest BCUT2D eigenvalue weighted by atomic mass is 79.9. The zero-order valence-corrected chi connectivity index (χ0v) is 13.7. The van der Waals surface area contributed by atoms with E-state index in [0.29, 0.717) is 16.6 Å². The highest BCUT2D eigenvalue weighted by molar-refractivity contribution is 9.10. The first-order valence-corrected chi connectivity index (χ1v) is 8.12. The summed E-state index contributed by atoms with van der Waals surface area (Å²) in [6.45, 7) is 2.10. The third kappa shape index (κ3) is 2.59. The average Bonchev–Trinajstić information content (AvgIpc) is 2.95. The summed E-state index contributed by atoms with van der Waals surface area (Å²) in [5.41, 5.74) is 1.67. The molecule has 2 aromatic heterocycles. The number of aryl methyl sites for hydroxylation is 1. The van der Waals surface area contributed by atoms with E-state index in [1.807, 2.05) is 24.3 Å². The van der Waals surface area contributed by atoms with Gasteiger partial charge in [0.1, 0.15) is 0 Å². The third-order valence-corrected chi connectivity index (χ3v) is 5.19. The lowest BCUT2D eigenvalue weighted by atomic mass is 10.1. The van der Waals surface area contributed by atoms with Crippen molar-refractivity contribution in [2.45, 2.75) is 13.3 Å². The maximum atomic E-state index is 11.6. The second-order valence-electron chi connectivity index (χ2n) is 4.61. The van der Waals surface area contributed by atoms with E-state index in [1.54, 1.807) is 17.4 Å². The molecule has 0 unspecified atom stereocenters. The number of hydrogen-bond donors (Lipinski definition) is 1. The summed E-state index contributed by atoms with van der Waals surface area (Å²) in [5, 5.41) is 10.1. The van der Waals surface area contributed by atoms with Gasteiger partial charge in [0.25, 0.3) is 0 Å². The summed E-state index contributed by atoms with van der Waals surface area (Å²) in [7, 11) is 0. The van der Waals surface area contributed by atoms with Crippen molar-refractivity contribution < 1.29 is 9.90 Å². The molecular weight excluding hydrogens is 350 g/mol. The fourth-order valence-electron chi connectivity index (χ4n) is 2.24. The molecule has 106 valence electrons. The van der Waals surface area contributed by atoms with Crippen molar-refractivity contribution >= 4 is 44.1 Å². The number of rotatable bonds is 3. The molecule has 0 saturated heterocycles. The van der Waals surface area contributed by atoms with Gasteiger partial charge in [-0.05, 0) is 36.8 Å². The fourth-order valence-corrected chi connectivity index (χ4v) is 3.72. The van der Waals surface area contributed by atoms with Gasteiger partial charge in [-0.2, -0.15) is 0 Å². The smallest absolute Gasteiger partial charge is 0.336 e. The molecule has 1 aromatic carbocycles. The quantitative estimate of drug-likeness (QED) is 0.714. The normalized spacial score (nSPS) is 11.0. The number of aromatic carboxylic acids is 1. The Morgan fingerprint density at radius 2 is 2.14 bits per heavy atom. The number of fused-ring (bicyclic) bond motifs is 1.